The summed E-state index contributed by atoms with van der Waals surface area (Å²) in [5.41, 5.74) is 1.65. The van der Waals surface area contributed by atoms with Crippen LogP contribution in [0, 0.1) is 0 Å². The summed E-state index contributed by atoms with van der Waals surface area (Å²) in [7, 11) is -3.32. The number of benzene rings is 2. The van der Waals surface area contributed by atoms with Gasteiger partial charge in [-0.15, -0.1) is 0 Å². The third kappa shape index (κ3) is 5.79. The molecule has 1 N–H and O–H groups in total. The van der Waals surface area contributed by atoms with Crippen LogP contribution in [-0.4, -0.2) is 44.5 Å². The Morgan fingerprint density at radius 1 is 0.958 bits per heavy atom. The molecule has 0 aliphatic rings. The summed E-state index contributed by atoms with van der Waals surface area (Å²) < 4.78 is 25.2. The van der Waals surface area contributed by atoms with Crippen LogP contribution in [0.4, 0.5) is 0 Å². The fourth-order valence-electron chi connectivity index (χ4n) is 2.33. The Labute approximate surface area is 143 Å². The zero-order valence-electron chi connectivity index (χ0n) is 13.7. The number of carbonyl (C=O) groups is 1. The summed E-state index contributed by atoms with van der Waals surface area (Å²) >= 11 is 0. The highest BCUT2D eigenvalue weighted by Gasteiger charge is 2.16. The molecule has 0 spiro atoms. The van der Waals surface area contributed by atoms with E-state index in [0.717, 1.165) is 5.56 Å². The molecule has 2 aromatic carbocycles. The van der Waals surface area contributed by atoms with Crippen molar-refractivity contribution in [1.29, 1.82) is 0 Å². The summed E-state index contributed by atoms with van der Waals surface area (Å²) in [4.78, 5) is 12.0. The molecule has 1 amide bonds. The van der Waals surface area contributed by atoms with Crippen molar-refractivity contribution in [1.82, 2.24) is 9.62 Å². The van der Waals surface area contributed by atoms with E-state index in [4.69, 9.17) is 0 Å². The van der Waals surface area contributed by atoms with Crippen LogP contribution in [0.15, 0.2) is 60.7 Å². The van der Waals surface area contributed by atoms with Crippen molar-refractivity contribution >= 4 is 15.9 Å². The Morgan fingerprint density at radius 2 is 1.54 bits per heavy atom. The van der Waals surface area contributed by atoms with Crippen LogP contribution in [0.2, 0.25) is 0 Å². The highest BCUT2D eigenvalue weighted by molar-refractivity contribution is 7.88. The second-order valence-corrected chi connectivity index (χ2v) is 7.50. The van der Waals surface area contributed by atoms with Crippen LogP contribution >= 0.6 is 0 Å². The molecule has 0 aliphatic heterocycles. The SMILES string of the molecule is CS(=O)(=O)N(CCNC(=O)c1ccccc1)CCc1ccccc1. The Balaban J connectivity index is 1.87. The standard InChI is InChI=1S/C18H22N2O3S/c1-24(22,23)20(14-12-16-8-4-2-5-9-16)15-13-19-18(21)17-10-6-3-7-11-17/h2-11H,12-15H2,1H3,(H,19,21). The Morgan fingerprint density at radius 3 is 2.12 bits per heavy atom. The lowest BCUT2D eigenvalue weighted by Gasteiger charge is -2.20. The summed E-state index contributed by atoms with van der Waals surface area (Å²) in [6.07, 6.45) is 1.83. The minimum Gasteiger partial charge on any atom is -0.351 e. The van der Waals surface area contributed by atoms with E-state index in [9.17, 15) is 13.2 Å². The van der Waals surface area contributed by atoms with E-state index in [1.54, 1.807) is 24.3 Å². The Kier molecular flexibility index (Phi) is 6.52. The van der Waals surface area contributed by atoms with Gasteiger partial charge in [0.25, 0.3) is 5.91 Å². The molecule has 0 unspecified atom stereocenters. The first-order valence-corrected chi connectivity index (χ1v) is 9.64. The fraction of sp³-hybridized carbons (Fsp3) is 0.278. The molecule has 2 rings (SSSR count). The number of sulfonamides is 1. The molecule has 6 heteroatoms. The van der Waals surface area contributed by atoms with Gasteiger partial charge in [-0.05, 0) is 24.1 Å². The van der Waals surface area contributed by atoms with Gasteiger partial charge < -0.3 is 5.32 Å². The number of amides is 1. The van der Waals surface area contributed by atoms with Gasteiger partial charge in [-0.2, -0.15) is 0 Å². The van der Waals surface area contributed by atoms with Gasteiger partial charge in [0.05, 0.1) is 6.26 Å². The third-order valence-corrected chi connectivity index (χ3v) is 4.95. The van der Waals surface area contributed by atoms with Gasteiger partial charge >= 0.3 is 0 Å². The Hall–Kier alpha value is -2.18. The lowest BCUT2D eigenvalue weighted by molar-refractivity contribution is 0.0951. The zero-order valence-corrected chi connectivity index (χ0v) is 14.5. The van der Waals surface area contributed by atoms with Gasteiger partial charge in [-0.1, -0.05) is 48.5 Å². The number of hydrogen-bond acceptors (Lipinski definition) is 3. The first-order chi connectivity index (χ1) is 11.5. The quantitative estimate of drug-likeness (QED) is 0.794. The molecule has 0 fully saturated rings. The maximum Gasteiger partial charge on any atom is 0.251 e. The lowest BCUT2D eigenvalue weighted by atomic mass is 10.1. The molecule has 0 atom stereocenters. The summed E-state index contributed by atoms with van der Waals surface area (Å²) in [6.45, 7) is 0.921. The summed E-state index contributed by atoms with van der Waals surface area (Å²) in [5.74, 6) is -0.202. The molecule has 0 saturated carbocycles. The second kappa shape index (κ2) is 8.61. The molecule has 5 nitrogen and oxygen atoms in total. The molecule has 0 radical (unpaired) electrons. The molecule has 0 saturated heterocycles. The van der Waals surface area contributed by atoms with E-state index >= 15 is 0 Å². The monoisotopic (exact) mass is 346 g/mol. The highest BCUT2D eigenvalue weighted by atomic mass is 32.2. The number of rotatable bonds is 8. The lowest BCUT2D eigenvalue weighted by Crippen LogP contribution is -2.39. The number of carbonyl (C=O) groups excluding carboxylic acids is 1. The van der Waals surface area contributed by atoms with E-state index in [1.165, 1.54) is 10.6 Å². The van der Waals surface area contributed by atoms with Gasteiger partial charge in [-0.3, -0.25) is 4.79 Å². The van der Waals surface area contributed by atoms with Crippen LogP contribution in [0.5, 0.6) is 0 Å². The number of nitrogens with zero attached hydrogens (tertiary/aromatic N) is 1. The molecule has 0 aliphatic carbocycles. The maximum absolute atomic E-state index is 12.0. The van der Waals surface area contributed by atoms with E-state index < -0.39 is 10.0 Å². The van der Waals surface area contributed by atoms with Crippen molar-refractivity contribution in [3.05, 3.63) is 71.8 Å². The first-order valence-electron chi connectivity index (χ1n) is 7.79. The molecule has 0 heterocycles. The van der Waals surface area contributed by atoms with Crippen LogP contribution in [0.1, 0.15) is 15.9 Å². The van der Waals surface area contributed by atoms with Crippen molar-refractivity contribution in [2.24, 2.45) is 0 Å². The fourth-order valence-corrected chi connectivity index (χ4v) is 3.17. The van der Waals surface area contributed by atoms with Crippen molar-refractivity contribution in [2.45, 2.75) is 6.42 Å². The predicted molar refractivity (Wildman–Crippen MR) is 95.3 cm³/mol. The minimum atomic E-state index is -3.32. The van der Waals surface area contributed by atoms with Gasteiger partial charge in [0, 0.05) is 25.2 Å². The van der Waals surface area contributed by atoms with Gasteiger partial charge in [0.2, 0.25) is 10.0 Å². The largest absolute Gasteiger partial charge is 0.351 e. The number of nitrogens with one attached hydrogen (secondary N) is 1. The van der Waals surface area contributed by atoms with Gasteiger partial charge in [-0.25, -0.2) is 12.7 Å². The first kappa shape index (κ1) is 18.2. The average molecular weight is 346 g/mol. The third-order valence-electron chi connectivity index (χ3n) is 3.64. The van der Waals surface area contributed by atoms with E-state index in [2.05, 4.69) is 5.32 Å². The average Bonchev–Trinajstić information content (AvgIpc) is 2.58. The molecule has 128 valence electrons. The van der Waals surface area contributed by atoms with Crippen LogP contribution in [0.25, 0.3) is 0 Å². The van der Waals surface area contributed by atoms with Crippen LogP contribution in [0.3, 0.4) is 0 Å². The molecular weight excluding hydrogens is 324 g/mol. The molecule has 24 heavy (non-hydrogen) atoms. The van der Waals surface area contributed by atoms with Crippen LogP contribution in [-0.2, 0) is 16.4 Å². The maximum atomic E-state index is 12.0. The normalized spacial score (nSPS) is 11.4. The van der Waals surface area contributed by atoms with Crippen molar-refractivity contribution in [3.8, 4) is 0 Å². The summed E-state index contributed by atoms with van der Waals surface area (Å²) in [6, 6.07) is 18.6. The van der Waals surface area contributed by atoms with E-state index in [-0.39, 0.29) is 19.0 Å². The molecule has 2 aromatic rings. The smallest absolute Gasteiger partial charge is 0.251 e. The van der Waals surface area contributed by atoms with E-state index in [0.29, 0.717) is 18.5 Å². The van der Waals surface area contributed by atoms with Gasteiger partial charge in [0.15, 0.2) is 0 Å². The van der Waals surface area contributed by atoms with E-state index in [1.807, 2.05) is 36.4 Å². The minimum absolute atomic E-state index is 0.202. The van der Waals surface area contributed by atoms with Crippen molar-refractivity contribution in [3.63, 3.8) is 0 Å². The topological polar surface area (TPSA) is 66.5 Å². The van der Waals surface area contributed by atoms with Crippen molar-refractivity contribution in [2.75, 3.05) is 25.9 Å². The highest BCUT2D eigenvalue weighted by Crippen LogP contribution is 2.04. The number of hydrogen-bond donors (Lipinski definition) is 1. The molecular formula is C18H22N2O3S. The molecule has 0 bridgehead atoms. The van der Waals surface area contributed by atoms with Crippen LogP contribution < -0.4 is 5.32 Å². The Bertz CT molecular complexity index is 746. The zero-order chi connectivity index (χ0) is 17.4. The van der Waals surface area contributed by atoms with Gasteiger partial charge in [0.1, 0.15) is 0 Å². The predicted octanol–water partition coefficient (Wildman–Crippen LogP) is 1.92. The summed E-state index contributed by atoms with van der Waals surface area (Å²) in [5, 5.41) is 2.75. The second-order valence-electron chi connectivity index (χ2n) is 5.52. The molecule has 0 aromatic heterocycles. The van der Waals surface area contributed by atoms with Crippen molar-refractivity contribution < 1.29 is 13.2 Å².